The number of amides is 1. The van der Waals surface area contributed by atoms with E-state index in [-0.39, 0.29) is 5.91 Å². The second-order valence-corrected chi connectivity index (χ2v) is 6.96. The van der Waals surface area contributed by atoms with Gasteiger partial charge in [-0.2, -0.15) is 4.98 Å². The van der Waals surface area contributed by atoms with Gasteiger partial charge in [0.25, 0.3) is 5.91 Å². The Bertz CT molecular complexity index is 990. The average Bonchev–Trinajstić information content (AvgIpc) is 2.83. The van der Waals surface area contributed by atoms with Crippen molar-refractivity contribution in [2.24, 2.45) is 0 Å². The Morgan fingerprint density at radius 3 is 2.60 bits per heavy atom. The molecule has 3 aromatic rings. The summed E-state index contributed by atoms with van der Waals surface area (Å²) in [5, 5.41) is 2.93. The number of benzene rings is 1. The van der Waals surface area contributed by atoms with E-state index in [0.29, 0.717) is 18.1 Å². The molecule has 1 aromatic carbocycles. The van der Waals surface area contributed by atoms with Crippen molar-refractivity contribution in [2.45, 2.75) is 6.54 Å². The number of methoxy groups -OCH3 is 1. The Balaban J connectivity index is 1.36. The lowest BCUT2D eigenvalue weighted by Gasteiger charge is -2.36. The molecule has 3 heterocycles. The van der Waals surface area contributed by atoms with Crippen molar-refractivity contribution in [1.82, 2.24) is 20.3 Å². The van der Waals surface area contributed by atoms with Gasteiger partial charge < -0.3 is 19.9 Å². The number of aromatic nitrogens is 3. The van der Waals surface area contributed by atoms with Gasteiger partial charge in [-0.1, -0.05) is 30.3 Å². The number of carbonyl (C=O) groups excluding carboxylic acids is 1. The van der Waals surface area contributed by atoms with Gasteiger partial charge in [0, 0.05) is 44.6 Å². The summed E-state index contributed by atoms with van der Waals surface area (Å²) in [6.45, 7) is 3.72. The van der Waals surface area contributed by atoms with E-state index < -0.39 is 0 Å². The second-order valence-electron chi connectivity index (χ2n) is 6.96. The summed E-state index contributed by atoms with van der Waals surface area (Å²) in [5.74, 6) is 1.14. The zero-order valence-corrected chi connectivity index (χ0v) is 16.9. The third-order valence-corrected chi connectivity index (χ3v) is 5.05. The normalized spacial score (nSPS) is 13.8. The summed E-state index contributed by atoms with van der Waals surface area (Å²) in [7, 11) is 1.59. The highest BCUT2D eigenvalue weighted by Crippen LogP contribution is 2.20. The first-order valence-electron chi connectivity index (χ1n) is 9.87. The van der Waals surface area contributed by atoms with E-state index in [2.05, 4.69) is 30.1 Å². The van der Waals surface area contributed by atoms with E-state index in [1.165, 1.54) is 0 Å². The van der Waals surface area contributed by atoms with Crippen LogP contribution in [-0.2, 0) is 6.54 Å². The highest BCUT2D eigenvalue weighted by atomic mass is 16.5. The van der Waals surface area contributed by atoms with Gasteiger partial charge in [0.1, 0.15) is 5.69 Å². The average molecular weight is 404 g/mol. The molecule has 1 aliphatic heterocycles. The fraction of sp³-hybridized carbons (Fsp3) is 0.273. The summed E-state index contributed by atoms with van der Waals surface area (Å²) < 4.78 is 5.16. The Morgan fingerprint density at radius 2 is 1.83 bits per heavy atom. The zero-order chi connectivity index (χ0) is 20.8. The van der Waals surface area contributed by atoms with Gasteiger partial charge in [-0.05, 0) is 17.7 Å². The van der Waals surface area contributed by atoms with Crippen LogP contribution < -0.4 is 19.9 Å². The number of rotatable bonds is 6. The lowest BCUT2D eigenvalue weighted by molar-refractivity contribution is 0.0946. The van der Waals surface area contributed by atoms with Crippen molar-refractivity contribution in [3.8, 4) is 5.88 Å². The lowest BCUT2D eigenvalue weighted by Crippen LogP contribution is -2.47. The Morgan fingerprint density at radius 1 is 1.07 bits per heavy atom. The summed E-state index contributed by atoms with van der Waals surface area (Å²) in [6, 6.07) is 13.6. The first-order chi connectivity index (χ1) is 14.7. The molecule has 0 atom stereocenters. The first kappa shape index (κ1) is 19.6. The smallest absolute Gasteiger partial charge is 0.270 e. The number of pyridine rings is 1. The van der Waals surface area contributed by atoms with Crippen molar-refractivity contribution in [2.75, 3.05) is 43.1 Å². The van der Waals surface area contributed by atoms with Gasteiger partial charge in [-0.3, -0.25) is 14.8 Å². The van der Waals surface area contributed by atoms with Crippen LogP contribution in [-0.4, -0.2) is 54.1 Å². The fourth-order valence-electron chi connectivity index (χ4n) is 3.39. The third-order valence-electron chi connectivity index (χ3n) is 5.05. The van der Waals surface area contributed by atoms with Crippen molar-refractivity contribution >= 4 is 17.4 Å². The van der Waals surface area contributed by atoms with E-state index in [4.69, 9.17) is 4.74 Å². The minimum atomic E-state index is -0.175. The maximum absolute atomic E-state index is 12.5. The molecule has 154 valence electrons. The van der Waals surface area contributed by atoms with E-state index in [1.807, 2.05) is 42.5 Å². The van der Waals surface area contributed by atoms with Crippen LogP contribution in [0.2, 0.25) is 0 Å². The van der Waals surface area contributed by atoms with Gasteiger partial charge in [0.15, 0.2) is 5.82 Å². The second kappa shape index (κ2) is 9.21. The number of anilines is 2. The molecule has 0 unspecified atom stereocenters. The third kappa shape index (κ3) is 4.65. The SMILES string of the molecule is COc1cncc(N2CCN(c3ccnc(C(=O)NCc4ccccc4)c3)CC2)n1. The van der Waals surface area contributed by atoms with Crippen molar-refractivity contribution in [3.63, 3.8) is 0 Å². The van der Waals surface area contributed by atoms with E-state index in [9.17, 15) is 4.79 Å². The van der Waals surface area contributed by atoms with Crippen LogP contribution in [0.3, 0.4) is 0 Å². The van der Waals surface area contributed by atoms with E-state index in [1.54, 1.807) is 25.7 Å². The molecule has 1 fully saturated rings. The Labute approximate surface area is 175 Å². The minimum absolute atomic E-state index is 0.175. The number of ether oxygens (including phenoxy) is 1. The molecular formula is C22H24N6O2. The monoisotopic (exact) mass is 404 g/mol. The van der Waals surface area contributed by atoms with Crippen LogP contribution in [0.25, 0.3) is 0 Å². The molecule has 1 N–H and O–H groups in total. The predicted octanol–water partition coefficient (Wildman–Crippen LogP) is 2.14. The molecule has 2 aromatic heterocycles. The molecular weight excluding hydrogens is 380 g/mol. The van der Waals surface area contributed by atoms with E-state index >= 15 is 0 Å². The molecule has 0 bridgehead atoms. The van der Waals surface area contributed by atoms with Crippen LogP contribution >= 0.6 is 0 Å². The molecule has 1 amide bonds. The molecule has 4 rings (SSSR count). The van der Waals surface area contributed by atoms with Crippen LogP contribution in [0, 0.1) is 0 Å². The summed E-state index contributed by atoms with van der Waals surface area (Å²) in [4.78, 5) is 29.8. The number of nitrogens with zero attached hydrogens (tertiary/aromatic N) is 5. The molecule has 30 heavy (non-hydrogen) atoms. The zero-order valence-electron chi connectivity index (χ0n) is 16.9. The summed E-state index contributed by atoms with van der Waals surface area (Å²) >= 11 is 0. The highest BCUT2D eigenvalue weighted by Gasteiger charge is 2.20. The summed E-state index contributed by atoms with van der Waals surface area (Å²) in [6.07, 6.45) is 5.04. The quantitative estimate of drug-likeness (QED) is 0.674. The largest absolute Gasteiger partial charge is 0.480 e. The van der Waals surface area contributed by atoms with Gasteiger partial charge in [-0.15, -0.1) is 0 Å². The van der Waals surface area contributed by atoms with Crippen molar-refractivity contribution < 1.29 is 9.53 Å². The Hall–Kier alpha value is -3.68. The summed E-state index contributed by atoms with van der Waals surface area (Å²) in [5.41, 5.74) is 2.47. The predicted molar refractivity (Wildman–Crippen MR) is 115 cm³/mol. The van der Waals surface area contributed by atoms with Crippen molar-refractivity contribution in [3.05, 3.63) is 72.3 Å². The van der Waals surface area contributed by atoms with Gasteiger partial charge in [0.2, 0.25) is 5.88 Å². The maximum Gasteiger partial charge on any atom is 0.270 e. The first-order valence-corrected chi connectivity index (χ1v) is 9.87. The van der Waals surface area contributed by atoms with Crippen LogP contribution in [0.1, 0.15) is 16.1 Å². The number of piperazine rings is 1. The molecule has 8 nitrogen and oxygen atoms in total. The lowest BCUT2D eigenvalue weighted by atomic mass is 10.2. The topological polar surface area (TPSA) is 83.5 Å². The Kier molecular flexibility index (Phi) is 6.03. The molecule has 0 spiro atoms. The van der Waals surface area contributed by atoms with Gasteiger partial charge in [-0.25, -0.2) is 0 Å². The molecule has 0 radical (unpaired) electrons. The van der Waals surface area contributed by atoms with Gasteiger partial charge >= 0.3 is 0 Å². The highest BCUT2D eigenvalue weighted by molar-refractivity contribution is 5.93. The van der Waals surface area contributed by atoms with E-state index in [0.717, 1.165) is 43.2 Å². The van der Waals surface area contributed by atoms with Crippen LogP contribution in [0.5, 0.6) is 5.88 Å². The number of hydrogen-bond acceptors (Lipinski definition) is 7. The van der Waals surface area contributed by atoms with Crippen molar-refractivity contribution in [1.29, 1.82) is 0 Å². The van der Waals surface area contributed by atoms with Gasteiger partial charge in [0.05, 0.1) is 19.5 Å². The van der Waals surface area contributed by atoms with Crippen LogP contribution in [0.15, 0.2) is 61.1 Å². The molecule has 0 saturated carbocycles. The molecule has 1 saturated heterocycles. The standard InChI is InChI=1S/C22H24N6O2/c1-30-21-16-23-15-20(26-21)28-11-9-27(10-12-28)18-7-8-24-19(13-18)22(29)25-14-17-5-3-2-4-6-17/h2-8,13,15-16H,9-12,14H2,1H3,(H,25,29). The number of carbonyl (C=O) groups is 1. The fourth-order valence-corrected chi connectivity index (χ4v) is 3.39. The molecule has 1 aliphatic rings. The van der Waals surface area contributed by atoms with Crippen LogP contribution in [0.4, 0.5) is 11.5 Å². The molecule has 0 aliphatic carbocycles. The molecule has 8 heteroatoms. The maximum atomic E-state index is 12.5. The number of nitrogens with one attached hydrogen (secondary N) is 1. The number of hydrogen-bond donors (Lipinski definition) is 1. The minimum Gasteiger partial charge on any atom is -0.480 e.